The second-order valence-corrected chi connectivity index (χ2v) is 10.1. The van der Waals surface area contributed by atoms with Gasteiger partial charge in [-0.05, 0) is 91.8 Å². The first-order chi connectivity index (χ1) is 11.4. The molecule has 24 heavy (non-hydrogen) atoms. The average molecular weight is 333 g/mol. The molecule has 2 heteroatoms. The van der Waals surface area contributed by atoms with E-state index in [1.165, 1.54) is 38.5 Å². The molecule has 0 aromatic rings. The molecule has 0 aromatic heterocycles. The van der Waals surface area contributed by atoms with Crippen LogP contribution in [0.25, 0.3) is 0 Å². The van der Waals surface area contributed by atoms with Crippen molar-refractivity contribution in [3.63, 3.8) is 0 Å². The van der Waals surface area contributed by atoms with Crippen molar-refractivity contribution in [2.45, 2.75) is 78.2 Å². The minimum absolute atomic E-state index is 0.0619. The first-order valence-electron chi connectivity index (χ1n) is 10.4. The lowest BCUT2D eigenvalue weighted by Gasteiger charge is -2.57. The van der Waals surface area contributed by atoms with Gasteiger partial charge in [-0.2, -0.15) is 0 Å². The molecule has 0 aliphatic heterocycles. The molecule has 4 aliphatic rings. The fourth-order valence-corrected chi connectivity index (χ4v) is 7.59. The Balaban J connectivity index is 1.64. The zero-order valence-corrected chi connectivity index (χ0v) is 15.8. The summed E-state index contributed by atoms with van der Waals surface area (Å²) in [7, 11) is 0. The summed E-state index contributed by atoms with van der Waals surface area (Å²) >= 11 is 0. The topological polar surface area (TPSA) is 40.5 Å². The number of aliphatic hydroxyl groups is 2. The van der Waals surface area contributed by atoms with Crippen LogP contribution in [0.15, 0.2) is 11.6 Å². The first-order valence-corrected chi connectivity index (χ1v) is 10.4. The van der Waals surface area contributed by atoms with Crippen molar-refractivity contribution in [3.8, 4) is 0 Å². The minimum atomic E-state index is -0.0619. The average Bonchev–Trinajstić information content (AvgIpc) is 2.92. The summed E-state index contributed by atoms with van der Waals surface area (Å²) in [4.78, 5) is 0. The second kappa shape index (κ2) is 5.84. The van der Waals surface area contributed by atoms with Crippen LogP contribution in [0.5, 0.6) is 0 Å². The second-order valence-electron chi connectivity index (χ2n) is 10.1. The Morgan fingerprint density at radius 2 is 1.79 bits per heavy atom. The highest BCUT2D eigenvalue weighted by Gasteiger charge is 2.58. The fourth-order valence-electron chi connectivity index (χ4n) is 7.59. The highest BCUT2D eigenvalue weighted by atomic mass is 16.3. The molecular weight excluding hydrogens is 296 g/mol. The molecule has 4 aliphatic carbocycles. The molecule has 0 heterocycles. The van der Waals surface area contributed by atoms with E-state index >= 15 is 0 Å². The van der Waals surface area contributed by atoms with Crippen LogP contribution in [0.3, 0.4) is 0 Å². The quantitative estimate of drug-likeness (QED) is 0.728. The number of hydrogen-bond acceptors (Lipinski definition) is 2. The Labute approximate surface area is 147 Å². The molecule has 3 saturated carbocycles. The van der Waals surface area contributed by atoms with Crippen molar-refractivity contribution in [3.05, 3.63) is 11.6 Å². The Hall–Kier alpha value is -0.340. The minimum Gasteiger partial charge on any atom is -0.396 e. The standard InChI is InChI=1S/C22H36O2/c1-14(13-23)18-6-7-19-17-5-4-15-12-16(24)8-10-21(15,2)20(17)9-11-22(18,19)3/h5,14-16,18-20,23-24H,4,6-13H2,1-3H3/t14?,15?,16-,18+,19-,20-,21-,22+/m0/s1. The maximum Gasteiger partial charge on any atom is 0.0543 e. The highest BCUT2D eigenvalue weighted by Crippen LogP contribution is 2.66. The number of allylic oxidation sites excluding steroid dienone is 2. The molecule has 0 amide bonds. The van der Waals surface area contributed by atoms with Gasteiger partial charge in [0.15, 0.2) is 0 Å². The molecule has 0 spiro atoms. The maximum absolute atomic E-state index is 10.1. The van der Waals surface area contributed by atoms with Gasteiger partial charge in [0, 0.05) is 6.61 Å². The third kappa shape index (κ3) is 2.28. The van der Waals surface area contributed by atoms with E-state index in [4.69, 9.17) is 0 Å². The Kier molecular flexibility index (Phi) is 4.16. The molecule has 0 radical (unpaired) electrons. The van der Waals surface area contributed by atoms with E-state index in [0.29, 0.717) is 35.2 Å². The first kappa shape index (κ1) is 17.1. The van der Waals surface area contributed by atoms with Crippen LogP contribution in [0.4, 0.5) is 0 Å². The summed E-state index contributed by atoms with van der Waals surface area (Å²) in [5, 5.41) is 19.8. The van der Waals surface area contributed by atoms with Crippen molar-refractivity contribution >= 4 is 0 Å². The van der Waals surface area contributed by atoms with Gasteiger partial charge in [0.05, 0.1) is 6.10 Å². The summed E-state index contributed by atoms with van der Waals surface area (Å²) < 4.78 is 0. The number of aliphatic hydroxyl groups excluding tert-OH is 2. The molecule has 2 unspecified atom stereocenters. The molecular formula is C22H36O2. The van der Waals surface area contributed by atoms with Crippen LogP contribution >= 0.6 is 0 Å². The Bertz CT molecular complexity index is 526. The molecule has 8 atom stereocenters. The molecule has 0 saturated heterocycles. The summed E-state index contributed by atoms with van der Waals surface area (Å²) in [6.45, 7) is 7.65. The van der Waals surface area contributed by atoms with Crippen molar-refractivity contribution in [1.82, 2.24) is 0 Å². The third-order valence-electron chi connectivity index (χ3n) is 9.10. The Morgan fingerprint density at radius 3 is 2.54 bits per heavy atom. The smallest absolute Gasteiger partial charge is 0.0543 e. The maximum atomic E-state index is 10.1. The fraction of sp³-hybridized carbons (Fsp3) is 0.909. The van der Waals surface area contributed by atoms with E-state index in [1.54, 1.807) is 5.57 Å². The molecule has 2 N–H and O–H groups in total. The van der Waals surface area contributed by atoms with Gasteiger partial charge in [0.1, 0.15) is 0 Å². The summed E-state index contributed by atoms with van der Waals surface area (Å²) in [6, 6.07) is 0. The van der Waals surface area contributed by atoms with E-state index in [1.807, 2.05) is 0 Å². The van der Waals surface area contributed by atoms with Crippen LogP contribution < -0.4 is 0 Å². The lowest BCUT2D eigenvalue weighted by molar-refractivity contribution is -0.0439. The SMILES string of the molecule is CC(CO)[C@H]1CC[C@H]2C3=CCC4C[C@@H](O)CC[C@]4(C)[C@H]3CC[C@]12C. The zero-order chi connectivity index (χ0) is 17.1. The van der Waals surface area contributed by atoms with Gasteiger partial charge in [-0.25, -0.2) is 0 Å². The predicted octanol–water partition coefficient (Wildman–Crippen LogP) is 4.55. The van der Waals surface area contributed by atoms with Gasteiger partial charge < -0.3 is 10.2 Å². The lowest BCUT2D eigenvalue weighted by atomic mass is 9.47. The number of rotatable bonds is 2. The summed E-state index contributed by atoms with van der Waals surface area (Å²) in [6.07, 6.45) is 12.2. The molecule has 136 valence electrons. The number of fused-ring (bicyclic) bond motifs is 5. The lowest BCUT2D eigenvalue weighted by Crippen LogP contribution is -2.50. The van der Waals surface area contributed by atoms with Crippen LogP contribution in [-0.4, -0.2) is 22.9 Å². The molecule has 4 rings (SSSR count). The molecule has 0 aromatic carbocycles. The zero-order valence-electron chi connectivity index (χ0n) is 15.8. The van der Waals surface area contributed by atoms with Crippen LogP contribution in [-0.2, 0) is 0 Å². The monoisotopic (exact) mass is 332 g/mol. The van der Waals surface area contributed by atoms with E-state index < -0.39 is 0 Å². The van der Waals surface area contributed by atoms with E-state index in [0.717, 1.165) is 24.7 Å². The summed E-state index contributed by atoms with van der Waals surface area (Å²) in [5.41, 5.74) is 2.61. The van der Waals surface area contributed by atoms with Crippen molar-refractivity contribution in [1.29, 1.82) is 0 Å². The highest BCUT2D eigenvalue weighted by molar-refractivity contribution is 5.27. The van der Waals surface area contributed by atoms with E-state index in [-0.39, 0.29) is 6.10 Å². The summed E-state index contributed by atoms with van der Waals surface area (Å²) in [5.74, 6) is 3.32. The molecule has 2 nitrogen and oxygen atoms in total. The van der Waals surface area contributed by atoms with Gasteiger partial charge >= 0.3 is 0 Å². The largest absolute Gasteiger partial charge is 0.396 e. The van der Waals surface area contributed by atoms with Gasteiger partial charge in [0.25, 0.3) is 0 Å². The van der Waals surface area contributed by atoms with Gasteiger partial charge in [-0.15, -0.1) is 0 Å². The van der Waals surface area contributed by atoms with Crippen molar-refractivity contribution in [2.24, 2.45) is 40.4 Å². The Morgan fingerprint density at radius 1 is 1.08 bits per heavy atom. The van der Waals surface area contributed by atoms with Gasteiger partial charge in [-0.3, -0.25) is 0 Å². The number of hydrogen-bond donors (Lipinski definition) is 2. The van der Waals surface area contributed by atoms with Crippen molar-refractivity contribution in [2.75, 3.05) is 6.61 Å². The van der Waals surface area contributed by atoms with Gasteiger partial charge in [-0.1, -0.05) is 32.4 Å². The van der Waals surface area contributed by atoms with E-state index in [2.05, 4.69) is 26.8 Å². The predicted molar refractivity (Wildman–Crippen MR) is 97.4 cm³/mol. The van der Waals surface area contributed by atoms with E-state index in [9.17, 15) is 10.2 Å². The van der Waals surface area contributed by atoms with Gasteiger partial charge in [0.2, 0.25) is 0 Å². The molecule has 0 bridgehead atoms. The van der Waals surface area contributed by atoms with Crippen LogP contribution in [0, 0.1) is 40.4 Å². The third-order valence-corrected chi connectivity index (χ3v) is 9.10. The van der Waals surface area contributed by atoms with Crippen molar-refractivity contribution < 1.29 is 10.2 Å². The van der Waals surface area contributed by atoms with Crippen LogP contribution in [0.2, 0.25) is 0 Å². The normalized spacial score (nSPS) is 52.0. The molecule has 3 fully saturated rings. The van der Waals surface area contributed by atoms with Crippen LogP contribution in [0.1, 0.15) is 72.1 Å².